The summed E-state index contributed by atoms with van der Waals surface area (Å²) in [6.45, 7) is -0.475. The van der Waals surface area contributed by atoms with Gasteiger partial charge >= 0.3 is 5.97 Å². The molecule has 2 aromatic carbocycles. The molecular weight excluding hydrogens is 330 g/mol. The number of fused-ring (bicyclic) bond motifs is 1. The number of ether oxygens (including phenoxy) is 1. The minimum Gasteiger partial charge on any atom is -0.497 e. The number of aliphatic hydroxyl groups excluding tert-OH is 1. The average Bonchev–Trinajstić information content (AvgIpc) is 2.59. The predicted molar refractivity (Wildman–Crippen MR) is 89.1 cm³/mol. The van der Waals surface area contributed by atoms with E-state index in [2.05, 4.69) is 4.84 Å². The van der Waals surface area contributed by atoms with Crippen LogP contribution in [0.5, 0.6) is 5.75 Å². The van der Waals surface area contributed by atoms with Gasteiger partial charge in [0, 0.05) is 0 Å². The standard InChI is InChI=1S/C17H19NO7/c1-24-15-6-4-11-8-13(3-2-12(11)9-15)16(17(20)21)7-5-14(19)10-25-18(22)23/h2-4,6,8-9,14,16,19H,5,7,10H2,1H3,(H,20,21)/t14?,16-/m0/s1. The maximum Gasteiger partial charge on any atom is 0.310 e. The fourth-order valence-corrected chi connectivity index (χ4v) is 2.61. The van der Waals surface area contributed by atoms with Gasteiger partial charge in [-0.3, -0.25) is 4.79 Å². The fourth-order valence-electron chi connectivity index (χ4n) is 2.61. The summed E-state index contributed by atoms with van der Waals surface area (Å²) in [5.41, 5.74) is 0.604. The highest BCUT2D eigenvalue weighted by Crippen LogP contribution is 2.28. The fraction of sp³-hybridized carbons (Fsp3) is 0.353. The Kier molecular flexibility index (Phi) is 6.13. The topological polar surface area (TPSA) is 119 Å². The van der Waals surface area contributed by atoms with E-state index < -0.39 is 29.7 Å². The summed E-state index contributed by atoms with van der Waals surface area (Å²) < 4.78 is 5.16. The summed E-state index contributed by atoms with van der Waals surface area (Å²) in [6.07, 6.45) is -0.887. The van der Waals surface area contributed by atoms with E-state index >= 15 is 0 Å². The molecule has 134 valence electrons. The van der Waals surface area contributed by atoms with E-state index in [1.807, 2.05) is 18.2 Å². The van der Waals surface area contributed by atoms with Crippen molar-refractivity contribution in [2.75, 3.05) is 13.7 Å². The summed E-state index contributed by atoms with van der Waals surface area (Å²) >= 11 is 0. The number of carbonyl (C=O) groups is 1. The predicted octanol–water partition coefficient (Wildman–Crippen LogP) is 2.37. The Morgan fingerprint density at radius 2 is 1.88 bits per heavy atom. The molecular formula is C17H19NO7. The number of nitrogens with zero attached hydrogens (tertiary/aromatic N) is 1. The van der Waals surface area contributed by atoms with E-state index in [1.54, 1.807) is 25.3 Å². The molecule has 0 aromatic heterocycles. The highest BCUT2D eigenvalue weighted by molar-refractivity contribution is 5.86. The van der Waals surface area contributed by atoms with Crippen LogP contribution in [0.4, 0.5) is 0 Å². The number of rotatable bonds is 9. The number of methoxy groups -OCH3 is 1. The maximum atomic E-state index is 11.6. The molecule has 0 aliphatic rings. The molecule has 0 radical (unpaired) electrons. The number of aliphatic carboxylic acids is 1. The van der Waals surface area contributed by atoms with Crippen molar-refractivity contribution in [3.05, 3.63) is 52.1 Å². The lowest BCUT2D eigenvalue weighted by atomic mass is 9.91. The van der Waals surface area contributed by atoms with E-state index in [0.29, 0.717) is 11.3 Å². The Labute approximate surface area is 143 Å². The summed E-state index contributed by atoms with van der Waals surface area (Å²) in [4.78, 5) is 25.8. The van der Waals surface area contributed by atoms with E-state index in [9.17, 15) is 25.1 Å². The largest absolute Gasteiger partial charge is 0.497 e. The molecule has 0 heterocycles. The number of carboxylic acids is 1. The first-order chi connectivity index (χ1) is 11.9. The molecule has 8 nitrogen and oxygen atoms in total. The quantitative estimate of drug-likeness (QED) is 0.527. The zero-order chi connectivity index (χ0) is 18.4. The van der Waals surface area contributed by atoms with Crippen LogP contribution in [-0.2, 0) is 9.63 Å². The van der Waals surface area contributed by atoms with Gasteiger partial charge in [-0.15, -0.1) is 10.1 Å². The van der Waals surface area contributed by atoms with Crippen LogP contribution in [0.15, 0.2) is 36.4 Å². The van der Waals surface area contributed by atoms with E-state index in [0.717, 1.165) is 10.8 Å². The first-order valence-electron chi connectivity index (χ1n) is 7.66. The Hall–Kier alpha value is -2.87. The van der Waals surface area contributed by atoms with Crippen molar-refractivity contribution in [2.24, 2.45) is 0 Å². The molecule has 0 amide bonds. The second-order valence-electron chi connectivity index (χ2n) is 5.61. The minimum absolute atomic E-state index is 0.0749. The maximum absolute atomic E-state index is 11.6. The summed E-state index contributed by atoms with van der Waals surface area (Å²) in [7, 11) is 1.57. The lowest BCUT2D eigenvalue weighted by Crippen LogP contribution is -2.20. The summed E-state index contributed by atoms with van der Waals surface area (Å²) in [6, 6.07) is 10.8. The number of hydrogen-bond acceptors (Lipinski definition) is 6. The van der Waals surface area contributed by atoms with Gasteiger partial charge in [0.15, 0.2) is 0 Å². The first kappa shape index (κ1) is 18.5. The molecule has 8 heteroatoms. The number of aliphatic hydroxyl groups is 1. The zero-order valence-corrected chi connectivity index (χ0v) is 13.6. The molecule has 2 aromatic rings. The lowest BCUT2D eigenvalue weighted by Gasteiger charge is -2.16. The van der Waals surface area contributed by atoms with Crippen LogP contribution in [0.2, 0.25) is 0 Å². The molecule has 0 bridgehead atoms. The molecule has 1 unspecified atom stereocenters. The van der Waals surface area contributed by atoms with Gasteiger partial charge in [0.05, 0.1) is 19.1 Å². The van der Waals surface area contributed by atoms with Crippen LogP contribution >= 0.6 is 0 Å². The Bertz CT molecular complexity index is 762. The van der Waals surface area contributed by atoms with Gasteiger partial charge in [-0.05, 0) is 41.3 Å². The molecule has 2 rings (SSSR count). The molecule has 2 atom stereocenters. The Balaban J connectivity index is 2.12. The van der Waals surface area contributed by atoms with Crippen molar-refractivity contribution in [2.45, 2.75) is 24.9 Å². The highest BCUT2D eigenvalue weighted by atomic mass is 17.0. The van der Waals surface area contributed by atoms with E-state index in [1.165, 1.54) is 0 Å². The average molecular weight is 349 g/mol. The molecule has 0 saturated heterocycles. The Morgan fingerprint density at radius 1 is 1.20 bits per heavy atom. The first-order valence-corrected chi connectivity index (χ1v) is 7.66. The molecule has 0 aliphatic carbocycles. The van der Waals surface area contributed by atoms with Gasteiger partial charge in [-0.25, -0.2) is 0 Å². The van der Waals surface area contributed by atoms with E-state index in [-0.39, 0.29) is 12.8 Å². The number of hydrogen-bond donors (Lipinski definition) is 2. The summed E-state index contributed by atoms with van der Waals surface area (Å²) in [5, 5.41) is 30.1. The van der Waals surface area contributed by atoms with Gasteiger partial charge in [0.25, 0.3) is 5.09 Å². The second-order valence-corrected chi connectivity index (χ2v) is 5.61. The van der Waals surface area contributed by atoms with Crippen molar-refractivity contribution in [3.8, 4) is 5.75 Å². The van der Waals surface area contributed by atoms with Crippen LogP contribution in [0.1, 0.15) is 24.3 Å². The molecule has 0 spiro atoms. The van der Waals surface area contributed by atoms with Crippen LogP contribution < -0.4 is 4.74 Å². The van der Waals surface area contributed by atoms with Crippen molar-refractivity contribution in [1.82, 2.24) is 0 Å². The second kappa shape index (κ2) is 8.29. The van der Waals surface area contributed by atoms with Crippen molar-refractivity contribution in [3.63, 3.8) is 0 Å². The molecule has 2 N–H and O–H groups in total. The minimum atomic E-state index is -1.10. The normalized spacial score (nSPS) is 13.2. The zero-order valence-electron chi connectivity index (χ0n) is 13.6. The third-order valence-corrected chi connectivity index (χ3v) is 3.93. The van der Waals surface area contributed by atoms with Gasteiger partial charge < -0.3 is 19.8 Å². The van der Waals surface area contributed by atoms with E-state index in [4.69, 9.17) is 4.74 Å². The molecule has 0 fully saturated rings. The van der Waals surface area contributed by atoms with Crippen molar-refractivity contribution >= 4 is 16.7 Å². The smallest absolute Gasteiger partial charge is 0.310 e. The van der Waals surface area contributed by atoms with Crippen molar-refractivity contribution in [1.29, 1.82) is 0 Å². The lowest BCUT2D eigenvalue weighted by molar-refractivity contribution is -0.759. The number of carboxylic acid groups (broad SMARTS) is 1. The van der Waals surface area contributed by atoms with Crippen molar-refractivity contribution < 1.29 is 29.7 Å². The van der Waals surface area contributed by atoms with Crippen LogP contribution in [-0.4, -0.2) is 41.1 Å². The van der Waals surface area contributed by atoms with Crippen LogP contribution in [0.25, 0.3) is 10.8 Å². The van der Waals surface area contributed by atoms with Crippen LogP contribution in [0.3, 0.4) is 0 Å². The molecule has 25 heavy (non-hydrogen) atoms. The highest BCUT2D eigenvalue weighted by Gasteiger charge is 2.22. The Morgan fingerprint density at radius 3 is 2.52 bits per heavy atom. The SMILES string of the molecule is COc1ccc2cc([C@H](CCC(O)CO[N+](=O)[O-])C(=O)O)ccc2c1. The number of benzene rings is 2. The van der Waals surface area contributed by atoms with Crippen LogP contribution in [0, 0.1) is 10.1 Å². The third-order valence-electron chi connectivity index (χ3n) is 3.93. The molecule has 0 saturated carbocycles. The third kappa shape index (κ3) is 5.05. The van der Waals surface area contributed by atoms with Gasteiger partial charge in [0.2, 0.25) is 0 Å². The monoisotopic (exact) mass is 349 g/mol. The van der Waals surface area contributed by atoms with Gasteiger partial charge in [-0.2, -0.15) is 0 Å². The van der Waals surface area contributed by atoms with Gasteiger partial charge in [-0.1, -0.05) is 24.3 Å². The molecule has 0 aliphatic heterocycles. The van der Waals surface area contributed by atoms with Gasteiger partial charge in [0.1, 0.15) is 12.4 Å². The summed E-state index contributed by atoms with van der Waals surface area (Å²) in [5.74, 6) is -1.13.